The maximum atomic E-state index is 6.21. The van der Waals surface area contributed by atoms with E-state index >= 15 is 0 Å². The van der Waals surface area contributed by atoms with Crippen molar-refractivity contribution in [3.05, 3.63) is 0 Å². The lowest BCUT2D eigenvalue weighted by Gasteiger charge is -1.91. The molecule has 0 saturated carbocycles. The first-order valence-electron chi connectivity index (χ1n) is 2.50. The van der Waals surface area contributed by atoms with Crippen LogP contribution in [-0.4, -0.2) is 6.54 Å². The summed E-state index contributed by atoms with van der Waals surface area (Å²) in [6.07, 6.45) is 0. The predicted octanol–water partition coefficient (Wildman–Crippen LogP) is 2.04. The van der Waals surface area contributed by atoms with E-state index in [1.165, 1.54) is 0 Å². The molecule has 4 nitrogen and oxygen atoms in total. The van der Waals surface area contributed by atoms with Crippen LogP contribution in [0.2, 0.25) is 0 Å². The number of hydrogen-bond donors (Lipinski definition) is 1. The van der Waals surface area contributed by atoms with Crippen molar-refractivity contribution in [3.63, 3.8) is 0 Å². The summed E-state index contributed by atoms with van der Waals surface area (Å²) in [4.78, 5) is 0. The Balaban J connectivity index is 3.15. The molecule has 0 aromatic heterocycles. The fraction of sp³-hybridized carbons (Fsp3) is 1.00. The molecule has 0 aromatic carbocycles. The molecule has 0 bridgehead atoms. The highest BCUT2D eigenvalue weighted by atomic mass is 15.4. The highest BCUT2D eigenvalue weighted by Crippen LogP contribution is 1.91. The van der Waals surface area contributed by atoms with Crippen LogP contribution in [-0.2, 0) is 0 Å². The molecular weight excluding hydrogens is 104 g/mol. The van der Waals surface area contributed by atoms with Gasteiger partial charge in [0, 0.05) is 0 Å². The Kier molecular flexibility index (Phi) is 3.93. The van der Waals surface area contributed by atoms with Crippen LogP contribution < -0.4 is 0 Å². The van der Waals surface area contributed by atoms with Crippen molar-refractivity contribution in [1.29, 1.82) is 5.53 Å². The van der Waals surface area contributed by atoms with E-state index in [2.05, 4.69) is 15.6 Å². The first kappa shape index (κ1) is 7.20. The molecule has 0 aliphatic heterocycles. The molecule has 0 saturated heterocycles. The minimum absolute atomic E-state index is 0.500. The summed E-state index contributed by atoms with van der Waals surface area (Å²) < 4.78 is 0. The zero-order valence-corrected chi connectivity index (χ0v) is 5.13. The molecule has 4 heteroatoms. The lowest BCUT2D eigenvalue weighted by atomic mass is 10.2. The minimum Gasteiger partial charge on any atom is -0.183 e. The Bertz CT molecular complexity index is 86.0. The number of nitrogens with zero attached hydrogens (tertiary/aromatic N) is 3. The van der Waals surface area contributed by atoms with Gasteiger partial charge in [0.1, 0.15) is 0 Å². The van der Waals surface area contributed by atoms with E-state index in [0.29, 0.717) is 12.5 Å². The summed E-state index contributed by atoms with van der Waals surface area (Å²) in [5.41, 5.74) is 6.21. The van der Waals surface area contributed by atoms with Crippen molar-refractivity contribution in [3.8, 4) is 0 Å². The normalized spacial score (nSPS) is 10.9. The van der Waals surface area contributed by atoms with E-state index < -0.39 is 0 Å². The van der Waals surface area contributed by atoms with Gasteiger partial charge < -0.3 is 0 Å². The number of hydrogen-bond acceptors (Lipinski definition) is 2. The van der Waals surface area contributed by atoms with Gasteiger partial charge in [-0.2, -0.15) is 10.6 Å². The second-order valence-electron chi connectivity index (χ2n) is 1.91. The van der Waals surface area contributed by atoms with Crippen molar-refractivity contribution < 1.29 is 0 Å². The van der Waals surface area contributed by atoms with Crippen molar-refractivity contribution in [2.45, 2.75) is 13.8 Å². The molecule has 8 heavy (non-hydrogen) atoms. The standard InChI is InChI=1S/C4H10N4/c1-4(2)3-6-8-7-5/h4-5H,3H2,1-2H3. The SMILES string of the molecule is CC(C)CN=NN=N. The molecule has 0 amide bonds. The van der Waals surface area contributed by atoms with Crippen molar-refractivity contribution in [2.24, 2.45) is 21.5 Å². The Morgan fingerprint density at radius 3 is 2.50 bits per heavy atom. The zero-order chi connectivity index (χ0) is 6.41. The van der Waals surface area contributed by atoms with Crippen LogP contribution in [0.5, 0.6) is 0 Å². The Morgan fingerprint density at radius 2 is 2.12 bits per heavy atom. The first-order chi connectivity index (χ1) is 3.77. The van der Waals surface area contributed by atoms with Crippen LogP contribution in [0.3, 0.4) is 0 Å². The highest BCUT2D eigenvalue weighted by molar-refractivity contribution is 4.42. The van der Waals surface area contributed by atoms with Gasteiger partial charge in [-0.15, -0.1) is 0 Å². The maximum Gasteiger partial charge on any atom is 0.0644 e. The Hall–Kier alpha value is -0.800. The van der Waals surface area contributed by atoms with Crippen LogP contribution in [0.15, 0.2) is 15.6 Å². The van der Waals surface area contributed by atoms with Crippen LogP contribution in [0.1, 0.15) is 13.8 Å². The second kappa shape index (κ2) is 4.36. The van der Waals surface area contributed by atoms with Crippen molar-refractivity contribution in [2.75, 3.05) is 6.54 Å². The van der Waals surface area contributed by atoms with Crippen molar-refractivity contribution >= 4 is 0 Å². The molecular formula is C4H10N4. The lowest BCUT2D eigenvalue weighted by Crippen LogP contribution is -1.89. The largest absolute Gasteiger partial charge is 0.183 e. The fourth-order valence-corrected chi connectivity index (χ4v) is 0.231. The van der Waals surface area contributed by atoms with Crippen molar-refractivity contribution in [1.82, 2.24) is 0 Å². The molecule has 0 aliphatic carbocycles. The summed E-state index contributed by atoms with van der Waals surface area (Å²) >= 11 is 0. The molecule has 0 aromatic rings. The van der Waals surface area contributed by atoms with Crippen LogP contribution in [0.25, 0.3) is 0 Å². The van der Waals surface area contributed by atoms with Gasteiger partial charge in [-0.1, -0.05) is 13.8 Å². The summed E-state index contributed by atoms with van der Waals surface area (Å²) in [6, 6.07) is 0. The maximum absolute atomic E-state index is 6.21. The monoisotopic (exact) mass is 114 g/mol. The van der Waals surface area contributed by atoms with Gasteiger partial charge in [-0.3, -0.25) is 0 Å². The van der Waals surface area contributed by atoms with Gasteiger partial charge in [-0.05, 0) is 16.4 Å². The second-order valence-corrected chi connectivity index (χ2v) is 1.91. The fourth-order valence-electron chi connectivity index (χ4n) is 0.231. The van der Waals surface area contributed by atoms with E-state index in [0.717, 1.165) is 0 Å². The number of rotatable bonds is 3. The highest BCUT2D eigenvalue weighted by Gasteiger charge is 1.86. The summed E-state index contributed by atoms with van der Waals surface area (Å²) in [5, 5.41) is 9.40. The minimum atomic E-state index is 0.500. The van der Waals surface area contributed by atoms with Gasteiger partial charge in [0.15, 0.2) is 0 Å². The molecule has 0 radical (unpaired) electrons. The third-order valence-electron chi connectivity index (χ3n) is 0.555. The number of nitrogens with one attached hydrogen (secondary N) is 1. The zero-order valence-electron chi connectivity index (χ0n) is 5.13. The molecule has 0 heterocycles. The van der Waals surface area contributed by atoms with Gasteiger partial charge in [0.2, 0.25) is 0 Å². The summed E-state index contributed by atoms with van der Waals surface area (Å²) in [6.45, 7) is 4.72. The van der Waals surface area contributed by atoms with Gasteiger partial charge in [0.25, 0.3) is 0 Å². The average Bonchev–Trinajstić information content (AvgIpc) is 1.66. The average molecular weight is 114 g/mol. The Morgan fingerprint density at radius 1 is 1.50 bits per heavy atom. The molecule has 0 atom stereocenters. The molecule has 0 spiro atoms. The predicted molar refractivity (Wildman–Crippen MR) is 29.7 cm³/mol. The molecule has 0 aliphatic rings. The van der Waals surface area contributed by atoms with E-state index in [-0.39, 0.29) is 0 Å². The van der Waals surface area contributed by atoms with Gasteiger partial charge in [0.05, 0.1) is 6.54 Å². The van der Waals surface area contributed by atoms with E-state index in [9.17, 15) is 0 Å². The Labute approximate surface area is 48.5 Å². The summed E-state index contributed by atoms with van der Waals surface area (Å²) in [5.74, 6) is 0.500. The molecule has 0 rings (SSSR count). The third kappa shape index (κ3) is 5.20. The third-order valence-corrected chi connectivity index (χ3v) is 0.555. The van der Waals surface area contributed by atoms with Crippen LogP contribution >= 0.6 is 0 Å². The van der Waals surface area contributed by atoms with Crippen LogP contribution in [0.4, 0.5) is 0 Å². The molecule has 0 unspecified atom stereocenters. The topological polar surface area (TPSA) is 60.9 Å². The smallest absolute Gasteiger partial charge is 0.0644 e. The van der Waals surface area contributed by atoms with E-state index in [1.54, 1.807) is 0 Å². The molecule has 1 N–H and O–H groups in total. The molecule has 46 valence electrons. The van der Waals surface area contributed by atoms with Gasteiger partial charge in [-0.25, -0.2) is 0 Å². The first-order valence-corrected chi connectivity index (χ1v) is 2.50. The summed E-state index contributed by atoms with van der Waals surface area (Å²) in [7, 11) is 0. The van der Waals surface area contributed by atoms with E-state index in [4.69, 9.17) is 5.53 Å². The molecule has 0 fully saturated rings. The van der Waals surface area contributed by atoms with E-state index in [1.807, 2.05) is 13.8 Å². The lowest BCUT2D eigenvalue weighted by molar-refractivity contribution is 0.633. The quantitative estimate of drug-likeness (QED) is 0.431. The van der Waals surface area contributed by atoms with Gasteiger partial charge >= 0.3 is 0 Å². The van der Waals surface area contributed by atoms with Crippen LogP contribution in [0, 0.1) is 11.4 Å².